The van der Waals surface area contributed by atoms with Crippen molar-refractivity contribution in [3.63, 3.8) is 0 Å². The van der Waals surface area contributed by atoms with Gasteiger partial charge in [-0.05, 0) is 23.1 Å². The number of methoxy groups -OCH3 is 3. The summed E-state index contributed by atoms with van der Waals surface area (Å²) in [4.78, 5) is 15.9. The maximum absolute atomic E-state index is 11.2. The minimum absolute atomic E-state index is 0.261. The lowest BCUT2D eigenvalue weighted by Gasteiger charge is -2.14. The van der Waals surface area contributed by atoms with Crippen LogP contribution in [0.25, 0.3) is 22.2 Å². The Hall–Kier alpha value is -3.72. The molecule has 0 atom stereocenters. The van der Waals surface area contributed by atoms with Gasteiger partial charge in [0.2, 0.25) is 5.75 Å². The number of aromatic carboxylic acids is 1. The summed E-state index contributed by atoms with van der Waals surface area (Å²) in [5, 5.41) is 14.1. The number of anilines is 2. The Kier molecular flexibility index (Phi) is 5.20. The third-order valence-corrected chi connectivity index (χ3v) is 5.37. The second kappa shape index (κ2) is 7.96. The molecule has 2 heterocycles. The minimum atomic E-state index is -0.958. The first-order chi connectivity index (χ1) is 14.5. The van der Waals surface area contributed by atoms with E-state index in [0.717, 1.165) is 11.1 Å². The summed E-state index contributed by atoms with van der Waals surface area (Å²) in [6.07, 6.45) is 0. The SMILES string of the molecule is COc1cc(Nc2nc3cccc(-c4csc(C(=O)O)c4)c3o2)cc(OC)c1OC. The number of oxazole rings is 1. The Morgan fingerprint density at radius 3 is 2.43 bits per heavy atom. The molecule has 0 fully saturated rings. The van der Waals surface area contributed by atoms with Crippen molar-refractivity contribution < 1.29 is 28.5 Å². The highest BCUT2D eigenvalue weighted by atomic mass is 32.1. The van der Waals surface area contributed by atoms with Gasteiger partial charge in [0.1, 0.15) is 10.4 Å². The zero-order chi connectivity index (χ0) is 21.3. The van der Waals surface area contributed by atoms with Crippen LogP contribution in [0.2, 0.25) is 0 Å². The molecule has 4 rings (SSSR count). The predicted octanol–water partition coefficient (Wildman–Crippen LogP) is 5.02. The molecule has 2 N–H and O–H groups in total. The fourth-order valence-corrected chi connectivity index (χ4v) is 3.84. The zero-order valence-corrected chi connectivity index (χ0v) is 17.2. The normalized spacial score (nSPS) is 10.8. The van der Waals surface area contributed by atoms with Crippen LogP contribution < -0.4 is 19.5 Å². The van der Waals surface area contributed by atoms with Crippen LogP contribution in [-0.2, 0) is 0 Å². The summed E-state index contributed by atoms with van der Waals surface area (Å²) in [6, 6.07) is 10.9. The molecule has 0 aliphatic rings. The molecular weight excluding hydrogens is 408 g/mol. The number of benzene rings is 2. The quantitative estimate of drug-likeness (QED) is 0.424. The van der Waals surface area contributed by atoms with E-state index in [1.807, 2.05) is 18.2 Å². The van der Waals surface area contributed by atoms with Gasteiger partial charge in [0.25, 0.3) is 6.01 Å². The topological polar surface area (TPSA) is 103 Å². The summed E-state index contributed by atoms with van der Waals surface area (Å²) in [5.74, 6) is 0.518. The zero-order valence-electron chi connectivity index (χ0n) is 16.4. The molecule has 154 valence electrons. The van der Waals surface area contributed by atoms with E-state index >= 15 is 0 Å². The molecule has 2 aromatic heterocycles. The van der Waals surface area contributed by atoms with Crippen LogP contribution >= 0.6 is 11.3 Å². The Labute approximate surface area is 175 Å². The Bertz CT molecular complexity index is 1200. The number of carboxylic acid groups (broad SMARTS) is 1. The first-order valence-electron chi connectivity index (χ1n) is 8.82. The average Bonchev–Trinajstić information content (AvgIpc) is 3.39. The van der Waals surface area contributed by atoms with Gasteiger partial charge < -0.3 is 29.1 Å². The lowest BCUT2D eigenvalue weighted by Crippen LogP contribution is -1.97. The van der Waals surface area contributed by atoms with E-state index in [4.69, 9.17) is 18.6 Å². The van der Waals surface area contributed by atoms with Crippen molar-refractivity contribution in [1.29, 1.82) is 0 Å². The van der Waals surface area contributed by atoms with Crippen LogP contribution in [0.15, 0.2) is 46.2 Å². The van der Waals surface area contributed by atoms with E-state index in [9.17, 15) is 9.90 Å². The van der Waals surface area contributed by atoms with E-state index in [1.54, 1.807) is 37.8 Å². The second-order valence-electron chi connectivity index (χ2n) is 6.22. The van der Waals surface area contributed by atoms with Crippen LogP contribution in [0.5, 0.6) is 17.2 Å². The van der Waals surface area contributed by atoms with Gasteiger partial charge >= 0.3 is 5.97 Å². The van der Waals surface area contributed by atoms with Gasteiger partial charge in [0.15, 0.2) is 17.1 Å². The van der Waals surface area contributed by atoms with Gasteiger partial charge in [-0.25, -0.2) is 4.79 Å². The van der Waals surface area contributed by atoms with E-state index in [0.29, 0.717) is 34.0 Å². The maximum atomic E-state index is 11.2. The number of thiophene rings is 1. The van der Waals surface area contributed by atoms with Crippen molar-refractivity contribution in [2.24, 2.45) is 0 Å². The van der Waals surface area contributed by atoms with Crippen LogP contribution in [0.3, 0.4) is 0 Å². The van der Waals surface area contributed by atoms with Crippen molar-refractivity contribution in [3.05, 3.63) is 46.7 Å². The minimum Gasteiger partial charge on any atom is -0.493 e. The molecule has 0 bridgehead atoms. The van der Waals surface area contributed by atoms with Crippen LogP contribution in [0.4, 0.5) is 11.7 Å². The highest BCUT2D eigenvalue weighted by Crippen LogP contribution is 2.41. The Morgan fingerprint density at radius 1 is 1.10 bits per heavy atom. The number of fused-ring (bicyclic) bond motifs is 1. The third-order valence-electron chi connectivity index (χ3n) is 4.45. The molecule has 9 heteroatoms. The molecule has 0 saturated heterocycles. The summed E-state index contributed by atoms with van der Waals surface area (Å²) in [7, 11) is 4.62. The molecule has 0 spiro atoms. The van der Waals surface area contributed by atoms with Crippen LogP contribution in [0.1, 0.15) is 9.67 Å². The number of para-hydroxylation sites is 1. The van der Waals surface area contributed by atoms with Gasteiger partial charge in [-0.15, -0.1) is 11.3 Å². The third kappa shape index (κ3) is 3.50. The molecule has 0 radical (unpaired) electrons. The van der Waals surface area contributed by atoms with E-state index in [-0.39, 0.29) is 10.9 Å². The van der Waals surface area contributed by atoms with E-state index < -0.39 is 5.97 Å². The molecule has 0 unspecified atom stereocenters. The molecule has 0 amide bonds. The van der Waals surface area contributed by atoms with Crippen molar-refractivity contribution >= 4 is 40.1 Å². The van der Waals surface area contributed by atoms with E-state index in [1.165, 1.54) is 18.4 Å². The lowest BCUT2D eigenvalue weighted by molar-refractivity contribution is 0.0702. The number of nitrogens with zero attached hydrogens (tertiary/aromatic N) is 1. The largest absolute Gasteiger partial charge is 0.493 e. The molecule has 2 aromatic carbocycles. The van der Waals surface area contributed by atoms with Crippen molar-refractivity contribution in [2.45, 2.75) is 0 Å². The summed E-state index contributed by atoms with van der Waals surface area (Å²) in [6.45, 7) is 0. The summed E-state index contributed by atoms with van der Waals surface area (Å²) >= 11 is 1.17. The predicted molar refractivity (Wildman–Crippen MR) is 114 cm³/mol. The smallest absolute Gasteiger partial charge is 0.345 e. The molecule has 0 saturated carbocycles. The fourth-order valence-electron chi connectivity index (χ4n) is 3.10. The standard InChI is InChI=1S/C21H18N2O6S/c1-26-15-8-12(9-16(27-2)19(15)28-3)22-21-23-14-6-4-5-13(18(14)29-21)11-7-17(20(24)25)30-10-11/h4-10H,1-3H3,(H,22,23)(H,24,25). The summed E-state index contributed by atoms with van der Waals surface area (Å²) in [5.41, 5.74) is 3.37. The fraction of sp³-hybridized carbons (Fsp3) is 0.143. The van der Waals surface area contributed by atoms with Gasteiger partial charge in [-0.3, -0.25) is 0 Å². The van der Waals surface area contributed by atoms with E-state index in [2.05, 4.69) is 10.3 Å². The molecule has 4 aromatic rings. The number of aromatic nitrogens is 1. The molecular formula is C21H18N2O6S. The average molecular weight is 426 g/mol. The number of hydrogen-bond acceptors (Lipinski definition) is 8. The van der Waals surface area contributed by atoms with Gasteiger partial charge in [-0.2, -0.15) is 4.98 Å². The maximum Gasteiger partial charge on any atom is 0.345 e. The highest BCUT2D eigenvalue weighted by Gasteiger charge is 2.17. The van der Waals surface area contributed by atoms with Gasteiger partial charge in [-0.1, -0.05) is 12.1 Å². The monoisotopic (exact) mass is 426 g/mol. The Balaban J connectivity index is 1.72. The first kappa shape index (κ1) is 19.6. The van der Waals surface area contributed by atoms with Gasteiger partial charge in [0, 0.05) is 23.4 Å². The molecule has 0 aliphatic heterocycles. The number of hydrogen-bond donors (Lipinski definition) is 2. The molecule has 30 heavy (non-hydrogen) atoms. The number of carboxylic acids is 1. The number of carbonyl (C=O) groups is 1. The highest BCUT2D eigenvalue weighted by molar-refractivity contribution is 7.12. The van der Waals surface area contributed by atoms with Crippen molar-refractivity contribution in [2.75, 3.05) is 26.6 Å². The number of rotatable bonds is 7. The Morgan fingerprint density at radius 2 is 1.83 bits per heavy atom. The van der Waals surface area contributed by atoms with Crippen LogP contribution in [0, 0.1) is 0 Å². The van der Waals surface area contributed by atoms with Crippen molar-refractivity contribution in [1.82, 2.24) is 4.98 Å². The van der Waals surface area contributed by atoms with Gasteiger partial charge in [0.05, 0.1) is 21.3 Å². The summed E-state index contributed by atoms with van der Waals surface area (Å²) < 4.78 is 22.0. The van der Waals surface area contributed by atoms with Crippen LogP contribution in [-0.4, -0.2) is 37.4 Å². The van der Waals surface area contributed by atoms with Crippen molar-refractivity contribution in [3.8, 4) is 28.4 Å². The molecule has 0 aliphatic carbocycles. The molecule has 8 nitrogen and oxygen atoms in total. The number of nitrogens with one attached hydrogen (secondary N) is 1. The first-order valence-corrected chi connectivity index (χ1v) is 9.70. The lowest BCUT2D eigenvalue weighted by atomic mass is 10.1. The second-order valence-corrected chi connectivity index (χ2v) is 7.13. The number of ether oxygens (including phenoxy) is 3.